The molecule has 3 heteroatoms. The van der Waals surface area contributed by atoms with Gasteiger partial charge >= 0.3 is 0 Å². The lowest BCUT2D eigenvalue weighted by atomic mass is 9.83. The molecule has 0 spiro atoms. The van der Waals surface area contributed by atoms with Crippen molar-refractivity contribution < 1.29 is 9.50 Å². The quantitative estimate of drug-likeness (QED) is 0.778. The molecule has 1 N–H and O–H groups in total. The van der Waals surface area contributed by atoms with Crippen LogP contribution in [0.1, 0.15) is 51.5 Å². The van der Waals surface area contributed by atoms with Crippen molar-refractivity contribution in [3.05, 3.63) is 34.6 Å². The Morgan fingerprint density at radius 3 is 2.63 bits per heavy atom. The smallest absolute Gasteiger partial charge is 0.124 e. The third kappa shape index (κ3) is 3.93. The maximum Gasteiger partial charge on any atom is 0.124 e. The van der Waals surface area contributed by atoms with Gasteiger partial charge in [-0.25, -0.2) is 4.39 Å². The van der Waals surface area contributed by atoms with E-state index < -0.39 is 5.60 Å². The zero-order chi connectivity index (χ0) is 14.1. The molecule has 0 amide bonds. The first kappa shape index (κ1) is 14.8. The van der Waals surface area contributed by atoms with E-state index in [0.29, 0.717) is 16.9 Å². The first-order valence-corrected chi connectivity index (χ1v) is 7.34. The Labute approximate surface area is 119 Å². The van der Waals surface area contributed by atoms with Crippen LogP contribution >= 0.6 is 11.6 Å². The average Bonchev–Trinajstić information content (AvgIpc) is 2.43. The Morgan fingerprint density at radius 1 is 1.21 bits per heavy atom. The summed E-state index contributed by atoms with van der Waals surface area (Å²) in [6.07, 6.45) is 5.29. The van der Waals surface area contributed by atoms with Crippen molar-refractivity contribution in [2.75, 3.05) is 0 Å². The van der Waals surface area contributed by atoms with Gasteiger partial charge in [0.25, 0.3) is 0 Å². The SMILES string of the molecule is CC1(C)CCCC(O)(Cc2ccc(F)cc2Cl)CC1. The summed E-state index contributed by atoms with van der Waals surface area (Å²) in [6.45, 7) is 4.51. The summed E-state index contributed by atoms with van der Waals surface area (Å²) in [5, 5.41) is 11.2. The average molecular weight is 285 g/mol. The third-order valence-electron chi connectivity index (χ3n) is 4.30. The van der Waals surface area contributed by atoms with Crippen molar-refractivity contribution in [2.45, 2.75) is 58.0 Å². The molecule has 1 aromatic rings. The fraction of sp³-hybridized carbons (Fsp3) is 0.625. The van der Waals surface area contributed by atoms with Gasteiger partial charge in [-0.15, -0.1) is 0 Å². The number of rotatable bonds is 2. The van der Waals surface area contributed by atoms with Gasteiger partial charge in [-0.1, -0.05) is 37.9 Å². The summed E-state index contributed by atoms with van der Waals surface area (Å²) < 4.78 is 13.0. The summed E-state index contributed by atoms with van der Waals surface area (Å²) in [5.41, 5.74) is 0.442. The lowest BCUT2D eigenvalue weighted by Gasteiger charge is -2.28. The van der Waals surface area contributed by atoms with E-state index in [1.54, 1.807) is 6.07 Å². The van der Waals surface area contributed by atoms with Crippen LogP contribution < -0.4 is 0 Å². The normalized spacial score (nSPS) is 27.0. The van der Waals surface area contributed by atoms with Crippen molar-refractivity contribution in [2.24, 2.45) is 5.41 Å². The molecule has 1 nitrogen and oxygen atoms in total. The van der Waals surface area contributed by atoms with Crippen LogP contribution in [0.3, 0.4) is 0 Å². The van der Waals surface area contributed by atoms with Crippen LogP contribution in [0.5, 0.6) is 0 Å². The van der Waals surface area contributed by atoms with Crippen LogP contribution in [0.4, 0.5) is 4.39 Å². The predicted octanol–water partition coefficient (Wildman–Crippen LogP) is 4.74. The number of benzene rings is 1. The van der Waals surface area contributed by atoms with Gasteiger partial charge in [0.1, 0.15) is 5.82 Å². The van der Waals surface area contributed by atoms with Gasteiger partial charge < -0.3 is 5.11 Å². The molecule has 1 fully saturated rings. The van der Waals surface area contributed by atoms with Crippen LogP contribution in [0.25, 0.3) is 0 Å². The minimum Gasteiger partial charge on any atom is -0.390 e. The highest BCUT2D eigenvalue weighted by atomic mass is 35.5. The molecule has 1 unspecified atom stereocenters. The standard InChI is InChI=1S/C16H22ClFO/c1-15(2)6-3-7-16(19,9-8-15)11-12-4-5-13(18)10-14(12)17/h4-5,10,19H,3,6-9,11H2,1-2H3. The second-order valence-electron chi connectivity index (χ2n) is 6.65. The number of aliphatic hydroxyl groups is 1. The van der Waals surface area contributed by atoms with Gasteiger partial charge in [-0.05, 0) is 48.8 Å². The fourth-order valence-corrected chi connectivity index (χ4v) is 3.15. The zero-order valence-corrected chi connectivity index (χ0v) is 12.4. The molecule has 19 heavy (non-hydrogen) atoms. The molecule has 1 aromatic carbocycles. The lowest BCUT2D eigenvalue weighted by Crippen LogP contribution is -2.31. The van der Waals surface area contributed by atoms with Crippen LogP contribution in [0.2, 0.25) is 5.02 Å². The minimum atomic E-state index is -0.699. The van der Waals surface area contributed by atoms with E-state index in [2.05, 4.69) is 13.8 Å². The third-order valence-corrected chi connectivity index (χ3v) is 4.65. The van der Waals surface area contributed by atoms with E-state index >= 15 is 0 Å². The first-order chi connectivity index (χ1) is 8.80. The Hall–Kier alpha value is -0.600. The molecule has 0 radical (unpaired) electrons. The Bertz CT molecular complexity index is 458. The van der Waals surface area contributed by atoms with Crippen molar-refractivity contribution >= 4 is 11.6 Å². The maximum atomic E-state index is 13.0. The predicted molar refractivity (Wildman–Crippen MR) is 76.9 cm³/mol. The summed E-state index contributed by atoms with van der Waals surface area (Å²) >= 11 is 6.06. The van der Waals surface area contributed by atoms with E-state index in [-0.39, 0.29) is 5.82 Å². The van der Waals surface area contributed by atoms with E-state index in [1.165, 1.54) is 12.1 Å². The largest absolute Gasteiger partial charge is 0.390 e. The second-order valence-corrected chi connectivity index (χ2v) is 7.06. The summed E-state index contributed by atoms with van der Waals surface area (Å²) in [5.74, 6) is -0.331. The van der Waals surface area contributed by atoms with Crippen molar-refractivity contribution in [3.63, 3.8) is 0 Å². The van der Waals surface area contributed by atoms with E-state index in [0.717, 1.165) is 37.7 Å². The highest BCUT2D eigenvalue weighted by Gasteiger charge is 2.34. The monoisotopic (exact) mass is 284 g/mol. The van der Waals surface area contributed by atoms with Gasteiger partial charge in [0.15, 0.2) is 0 Å². The van der Waals surface area contributed by atoms with Gasteiger partial charge in [0, 0.05) is 11.4 Å². The van der Waals surface area contributed by atoms with Gasteiger partial charge in [0.05, 0.1) is 5.60 Å². The van der Waals surface area contributed by atoms with Crippen LogP contribution in [-0.2, 0) is 6.42 Å². The molecule has 0 bridgehead atoms. The van der Waals surface area contributed by atoms with Crippen molar-refractivity contribution in [1.29, 1.82) is 0 Å². The Balaban J connectivity index is 2.12. The van der Waals surface area contributed by atoms with Crippen molar-refractivity contribution in [3.8, 4) is 0 Å². The van der Waals surface area contributed by atoms with E-state index in [9.17, 15) is 9.50 Å². The number of hydrogen-bond acceptors (Lipinski definition) is 1. The molecule has 0 aromatic heterocycles. The Kier molecular flexibility index (Phi) is 4.22. The highest BCUT2D eigenvalue weighted by molar-refractivity contribution is 6.31. The molecular weight excluding hydrogens is 263 g/mol. The summed E-state index contributed by atoms with van der Waals surface area (Å²) in [6, 6.07) is 4.41. The second kappa shape index (κ2) is 5.41. The van der Waals surface area contributed by atoms with E-state index in [1.807, 2.05) is 0 Å². The molecule has 1 aliphatic rings. The number of halogens is 2. The van der Waals surface area contributed by atoms with Crippen LogP contribution in [0, 0.1) is 11.2 Å². The molecule has 1 aliphatic carbocycles. The van der Waals surface area contributed by atoms with Crippen LogP contribution in [0.15, 0.2) is 18.2 Å². The highest BCUT2D eigenvalue weighted by Crippen LogP contribution is 2.40. The molecule has 0 saturated heterocycles. The molecule has 1 saturated carbocycles. The molecule has 1 atom stereocenters. The lowest BCUT2D eigenvalue weighted by molar-refractivity contribution is 0.0226. The van der Waals surface area contributed by atoms with E-state index in [4.69, 9.17) is 11.6 Å². The topological polar surface area (TPSA) is 20.2 Å². The van der Waals surface area contributed by atoms with Gasteiger partial charge in [-0.2, -0.15) is 0 Å². The molecular formula is C16H22ClFO. The summed E-state index contributed by atoms with van der Waals surface area (Å²) in [4.78, 5) is 0. The minimum absolute atomic E-state index is 0.303. The van der Waals surface area contributed by atoms with Crippen LogP contribution in [-0.4, -0.2) is 10.7 Å². The maximum absolute atomic E-state index is 13.0. The zero-order valence-electron chi connectivity index (χ0n) is 11.7. The molecule has 2 rings (SSSR count). The van der Waals surface area contributed by atoms with Gasteiger partial charge in [0.2, 0.25) is 0 Å². The molecule has 106 valence electrons. The first-order valence-electron chi connectivity index (χ1n) is 6.96. The molecule has 0 aliphatic heterocycles. The Morgan fingerprint density at radius 2 is 1.95 bits per heavy atom. The molecule has 0 heterocycles. The van der Waals surface area contributed by atoms with Crippen molar-refractivity contribution in [1.82, 2.24) is 0 Å². The fourth-order valence-electron chi connectivity index (χ4n) is 2.91. The summed E-state index contributed by atoms with van der Waals surface area (Å²) in [7, 11) is 0. The number of hydrogen-bond donors (Lipinski definition) is 1. The van der Waals surface area contributed by atoms with Gasteiger partial charge in [-0.3, -0.25) is 0 Å².